The van der Waals surface area contributed by atoms with Crippen molar-refractivity contribution in [2.24, 2.45) is 29.1 Å². The molecule has 4 saturated carbocycles. The molecule has 2 unspecified atom stereocenters. The second-order valence-electron chi connectivity index (χ2n) is 11.6. The number of hydrogen-bond donors (Lipinski definition) is 3. The maximum Gasteiger partial charge on any atom is 0.258 e. The molecule has 1 aromatic rings. The highest BCUT2D eigenvalue weighted by Crippen LogP contribution is 2.55. The van der Waals surface area contributed by atoms with Crippen LogP contribution in [0.15, 0.2) is 12.3 Å². The molecule has 4 aliphatic rings. The average Bonchev–Trinajstić information content (AvgIpc) is 3.15. The fourth-order valence-corrected chi connectivity index (χ4v) is 6.17. The highest BCUT2D eigenvalue weighted by Gasteiger charge is 2.55. The summed E-state index contributed by atoms with van der Waals surface area (Å²) in [7, 11) is 0. The molecule has 4 bridgehead atoms. The number of aliphatic hydroxyl groups is 1. The quantitative estimate of drug-likeness (QED) is 0.512. The van der Waals surface area contributed by atoms with Gasteiger partial charge in [-0.3, -0.25) is 9.59 Å². The first-order chi connectivity index (χ1) is 16.0. The molecule has 1 aromatic heterocycles. The van der Waals surface area contributed by atoms with Gasteiger partial charge in [0.2, 0.25) is 11.8 Å². The van der Waals surface area contributed by atoms with Gasteiger partial charge in [-0.15, -0.1) is 0 Å². The number of ether oxygens (including phenoxy) is 1. The van der Waals surface area contributed by atoms with Crippen molar-refractivity contribution in [3.8, 4) is 5.88 Å². The van der Waals surface area contributed by atoms with Gasteiger partial charge >= 0.3 is 0 Å². The van der Waals surface area contributed by atoms with Gasteiger partial charge in [-0.2, -0.15) is 5.10 Å². The lowest BCUT2D eigenvalue weighted by Crippen LogP contribution is -2.61. The predicted molar refractivity (Wildman–Crippen MR) is 130 cm³/mol. The smallest absolute Gasteiger partial charge is 0.258 e. The third-order valence-electron chi connectivity index (χ3n) is 7.64. The number of nitrogens with one attached hydrogen (secondary N) is 2. The molecule has 8 heteroatoms. The standard InChI is InChI=1S/C26H40N4O4/c1-6-27-24(32)25(4,5)7-8-30-23(34-15-16(2)3)20(14-28-30)22(31)29-21-18-9-17-10-19(21)13-26(33,11-17)12-18/h7-8,14,16-19,21,33H,6,9-13,15H2,1-5H3,(H,27,32)(H,29,31)/b8-7+. The summed E-state index contributed by atoms with van der Waals surface area (Å²) >= 11 is 0. The van der Waals surface area contributed by atoms with Crippen LogP contribution >= 0.6 is 0 Å². The highest BCUT2D eigenvalue weighted by atomic mass is 16.5. The summed E-state index contributed by atoms with van der Waals surface area (Å²) in [5, 5.41) is 21.4. The largest absolute Gasteiger partial charge is 0.477 e. The van der Waals surface area contributed by atoms with Crippen LogP contribution in [0.1, 0.15) is 77.1 Å². The van der Waals surface area contributed by atoms with Crippen LogP contribution in [0.3, 0.4) is 0 Å². The molecule has 8 nitrogen and oxygen atoms in total. The van der Waals surface area contributed by atoms with Crippen LogP contribution < -0.4 is 15.4 Å². The van der Waals surface area contributed by atoms with Gasteiger partial charge in [-0.25, -0.2) is 4.68 Å². The third-order valence-corrected chi connectivity index (χ3v) is 7.64. The highest BCUT2D eigenvalue weighted by molar-refractivity contribution is 5.96. The molecular formula is C26H40N4O4. The molecule has 34 heavy (non-hydrogen) atoms. The Labute approximate surface area is 202 Å². The molecule has 0 aliphatic heterocycles. The van der Waals surface area contributed by atoms with Crippen molar-refractivity contribution in [1.29, 1.82) is 0 Å². The van der Waals surface area contributed by atoms with Crippen molar-refractivity contribution in [3.63, 3.8) is 0 Å². The maximum absolute atomic E-state index is 13.4. The van der Waals surface area contributed by atoms with E-state index in [-0.39, 0.29) is 23.8 Å². The fraction of sp³-hybridized carbons (Fsp3) is 0.731. The van der Waals surface area contributed by atoms with E-state index in [9.17, 15) is 14.7 Å². The van der Waals surface area contributed by atoms with Crippen LogP contribution in [0.5, 0.6) is 5.88 Å². The third kappa shape index (κ3) is 5.02. The summed E-state index contributed by atoms with van der Waals surface area (Å²) in [6, 6.07) is 0.0813. The van der Waals surface area contributed by atoms with Gasteiger partial charge in [-0.1, -0.05) is 19.9 Å². The minimum absolute atomic E-state index is 0.0791. The zero-order valence-electron chi connectivity index (χ0n) is 21.1. The normalized spacial score (nSPS) is 30.2. The SMILES string of the molecule is CCNC(=O)C(C)(C)/C=C/n1ncc(C(=O)NC2C3CC4CC2CC(O)(C4)C3)c1OCC(C)C. The van der Waals surface area contributed by atoms with E-state index in [4.69, 9.17) is 4.74 Å². The first kappa shape index (κ1) is 24.8. The van der Waals surface area contributed by atoms with Crippen molar-refractivity contribution < 1.29 is 19.4 Å². The Bertz CT molecular complexity index is 935. The molecule has 4 aliphatic carbocycles. The Hall–Kier alpha value is -2.35. The fourth-order valence-electron chi connectivity index (χ4n) is 6.17. The number of carbonyl (C=O) groups excluding carboxylic acids is 2. The minimum Gasteiger partial charge on any atom is -0.477 e. The number of rotatable bonds is 9. The van der Waals surface area contributed by atoms with Gasteiger partial charge in [0.05, 0.1) is 23.8 Å². The summed E-state index contributed by atoms with van der Waals surface area (Å²) < 4.78 is 7.57. The number of amides is 2. The lowest BCUT2D eigenvalue weighted by molar-refractivity contribution is -0.137. The monoisotopic (exact) mass is 472 g/mol. The van der Waals surface area contributed by atoms with Gasteiger partial charge in [0.1, 0.15) is 5.56 Å². The van der Waals surface area contributed by atoms with Crippen LogP contribution in [-0.2, 0) is 4.79 Å². The lowest BCUT2D eigenvalue weighted by Gasteiger charge is -2.58. The van der Waals surface area contributed by atoms with E-state index in [0.717, 1.165) is 32.1 Å². The van der Waals surface area contributed by atoms with Gasteiger partial charge in [0, 0.05) is 18.8 Å². The second kappa shape index (κ2) is 9.36. The second-order valence-corrected chi connectivity index (χ2v) is 11.6. The first-order valence-corrected chi connectivity index (χ1v) is 12.7. The van der Waals surface area contributed by atoms with Crippen LogP contribution in [0.4, 0.5) is 0 Å². The Morgan fingerprint density at radius 2 is 1.97 bits per heavy atom. The minimum atomic E-state index is -0.736. The zero-order valence-corrected chi connectivity index (χ0v) is 21.1. The molecule has 188 valence electrons. The summed E-state index contributed by atoms with van der Waals surface area (Å²) in [5.41, 5.74) is -0.871. The summed E-state index contributed by atoms with van der Waals surface area (Å²) in [6.07, 6.45) is 9.64. The molecule has 5 rings (SSSR count). The van der Waals surface area contributed by atoms with E-state index in [1.165, 1.54) is 10.9 Å². The topological polar surface area (TPSA) is 105 Å². The number of carbonyl (C=O) groups is 2. The van der Waals surface area contributed by atoms with Crippen molar-refractivity contribution >= 4 is 18.0 Å². The molecule has 2 amide bonds. The van der Waals surface area contributed by atoms with Crippen molar-refractivity contribution in [3.05, 3.63) is 17.8 Å². The lowest BCUT2D eigenvalue weighted by atomic mass is 9.52. The van der Waals surface area contributed by atoms with Gasteiger partial charge in [0.25, 0.3) is 5.91 Å². The molecule has 0 aromatic carbocycles. The van der Waals surface area contributed by atoms with Gasteiger partial charge in [0.15, 0.2) is 0 Å². The van der Waals surface area contributed by atoms with E-state index < -0.39 is 11.0 Å². The van der Waals surface area contributed by atoms with E-state index in [0.29, 0.717) is 42.3 Å². The van der Waals surface area contributed by atoms with Crippen molar-refractivity contribution in [1.82, 2.24) is 20.4 Å². The van der Waals surface area contributed by atoms with Gasteiger partial charge < -0.3 is 20.5 Å². The van der Waals surface area contributed by atoms with E-state index >= 15 is 0 Å². The Balaban J connectivity index is 1.53. The number of nitrogens with zero attached hydrogens (tertiary/aromatic N) is 2. The van der Waals surface area contributed by atoms with E-state index in [2.05, 4.69) is 15.7 Å². The molecule has 0 saturated heterocycles. The molecular weight excluding hydrogens is 432 g/mol. The zero-order chi connectivity index (χ0) is 24.7. The molecule has 1 heterocycles. The van der Waals surface area contributed by atoms with Crippen molar-refractivity contribution in [2.45, 2.75) is 78.4 Å². The molecule has 0 radical (unpaired) electrons. The maximum atomic E-state index is 13.4. The van der Waals surface area contributed by atoms with Crippen LogP contribution in [0, 0.1) is 29.1 Å². The molecule has 2 atom stereocenters. The Morgan fingerprint density at radius 1 is 1.29 bits per heavy atom. The van der Waals surface area contributed by atoms with Crippen LogP contribution in [-0.4, -0.2) is 51.5 Å². The van der Waals surface area contributed by atoms with Gasteiger partial charge in [-0.05, 0) is 76.5 Å². The summed E-state index contributed by atoms with van der Waals surface area (Å²) in [4.78, 5) is 25.8. The predicted octanol–water partition coefficient (Wildman–Crippen LogP) is 3.22. The van der Waals surface area contributed by atoms with Crippen LogP contribution in [0.2, 0.25) is 0 Å². The van der Waals surface area contributed by atoms with Crippen LogP contribution in [0.25, 0.3) is 6.20 Å². The molecule has 4 fully saturated rings. The van der Waals surface area contributed by atoms with Crippen molar-refractivity contribution in [2.75, 3.05) is 13.2 Å². The molecule has 0 spiro atoms. The average molecular weight is 473 g/mol. The Kier molecular flexibility index (Phi) is 6.82. The summed E-state index contributed by atoms with van der Waals surface area (Å²) in [5.74, 6) is 1.63. The summed E-state index contributed by atoms with van der Waals surface area (Å²) in [6.45, 7) is 10.7. The number of hydrogen-bond acceptors (Lipinski definition) is 5. The first-order valence-electron chi connectivity index (χ1n) is 12.7. The molecule has 3 N–H and O–H groups in total. The van der Waals surface area contributed by atoms with E-state index in [1.807, 2.05) is 34.6 Å². The Morgan fingerprint density at radius 3 is 2.56 bits per heavy atom. The number of aromatic nitrogens is 2. The van der Waals surface area contributed by atoms with E-state index in [1.54, 1.807) is 12.3 Å².